The highest BCUT2D eigenvalue weighted by Gasteiger charge is 2.09. The summed E-state index contributed by atoms with van der Waals surface area (Å²) in [5.74, 6) is 0. The fraction of sp³-hybridized carbons (Fsp3) is 0.125. The number of rotatable bonds is 4. The van der Waals surface area contributed by atoms with E-state index in [1.807, 2.05) is 36.4 Å². The largest absolute Gasteiger partial charge is 0.396 e. The minimum Gasteiger partial charge on any atom is -0.396 e. The molecule has 2 heteroatoms. The van der Waals surface area contributed by atoms with Crippen molar-refractivity contribution >= 4 is 28.2 Å². The number of benzene rings is 2. The minimum absolute atomic E-state index is 0.182. The van der Waals surface area contributed by atoms with E-state index in [1.165, 1.54) is 20.3 Å². The van der Waals surface area contributed by atoms with Crippen molar-refractivity contribution in [3.8, 4) is 0 Å². The lowest BCUT2D eigenvalue weighted by Gasteiger charge is -2.11. The predicted molar refractivity (Wildman–Crippen MR) is 84.6 cm³/mol. The lowest BCUT2D eigenvalue weighted by molar-refractivity contribution is 0.302. The summed E-state index contributed by atoms with van der Waals surface area (Å²) >= 11 is 2.33. The molecular weight excluding hydrogens is 335 g/mol. The Hall–Kier alpha value is -1.13. The number of hydrogen-bond donors (Lipinski definition) is 1. The minimum atomic E-state index is 0.182. The molecule has 0 spiro atoms. The third kappa shape index (κ3) is 3.21. The van der Waals surface area contributed by atoms with Crippen LogP contribution < -0.4 is 0 Å². The van der Waals surface area contributed by atoms with Crippen molar-refractivity contribution < 1.29 is 5.11 Å². The van der Waals surface area contributed by atoms with Crippen LogP contribution in [0.5, 0.6) is 0 Å². The van der Waals surface area contributed by atoms with Crippen molar-refractivity contribution in [2.75, 3.05) is 6.61 Å². The molecule has 0 heterocycles. The lowest BCUT2D eigenvalue weighted by Crippen LogP contribution is -1.92. The SMILES string of the molecule is OCCC(I)=C(c1ccccc1)c1ccccc1. The number of halogens is 1. The van der Waals surface area contributed by atoms with E-state index in [0.29, 0.717) is 6.42 Å². The van der Waals surface area contributed by atoms with Crippen molar-refractivity contribution in [3.05, 3.63) is 75.4 Å². The van der Waals surface area contributed by atoms with Gasteiger partial charge in [0.1, 0.15) is 0 Å². The maximum Gasteiger partial charge on any atom is 0.0476 e. The normalized spacial score (nSPS) is 10.1. The van der Waals surface area contributed by atoms with Gasteiger partial charge in [0.2, 0.25) is 0 Å². The average molecular weight is 350 g/mol. The van der Waals surface area contributed by atoms with Crippen LogP contribution in [0.4, 0.5) is 0 Å². The van der Waals surface area contributed by atoms with Crippen LogP contribution in [-0.2, 0) is 0 Å². The average Bonchev–Trinajstić information content (AvgIpc) is 2.42. The van der Waals surface area contributed by atoms with Crippen molar-refractivity contribution in [2.45, 2.75) is 6.42 Å². The van der Waals surface area contributed by atoms with E-state index in [0.717, 1.165) is 0 Å². The van der Waals surface area contributed by atoms with E-state index in [4.69, 9.17) is 5.11 Å². The summed E-state index contributed by atoms with van der Waals surface area (Å²) in [4.78, 5) is 0. The molecule has 1 nitrogen and oxygen atoms in total. The summed E-state index contributed by atoms with van der Waals surface area (Å²) in [5, 5.41) is 9.14. The Morgan fingerprint density at radius 2 is 1.28 bits per heavy atom. The topological polar surface area (TPSA) is 20.2 Å². The molecule has 2 aromatic rings. The molecule has 92 valence electrons. The smallest absolute Gasteiger partial charge is 0.0476 e. The molecule has 0 fully saturated rings. The van der Waals surface area contributed by atoms with E-state index in [9.17, 15) is 0 Å². The fourth-order valence-electron chi connectivity index (χ4n) is 1.91. The summed E-state index contributed by atoms with van der Waals surface area (Å²) in [5.41, 5.74) is 3.61. The standard InChI is InChI=1S/C16H15IO/c17-15(11-12-18)16(13-7-3-1-4-8-13)14-9-5-2-6-10-14/h1-10,18H,11-12H2. The molecule has 0 aliphatic rings. The molecule has 0 aromatic heterocycles. The van der Waals surface area contributed by atoms with Gasteiger partial charge in [-0.15, -0.1) is 0 Å². The highest BCUT2D eigenvalue weighted by atomic mass is 127. The highest BCUT2D eigenvalue weighted by molar-refractivity contribution is 14.1. The fourth-order valence-corrected chi connectivity index (χ4v) is 2.78. The zero-order chi connectivity index (χ0) is 12.8. The molecule has 18 heavy (non-hydrogen) atoms. The van der Waals surface area contributed by atoms with E-state index in [1.54, 1.807) is 0 Å². The molecule has 0 aliphatic heterocycles. The second kappa shape index (κ2) is 6.71. The van der Waals surface area contributed by atoms with Crippen molar-refractivity contribution in [1.82, 2.24) is 0 Å². The quantitative estimate of drug-likeness (QED) is 0.817. The zero-order valence-electron chi connectivity index (χ0n) is 10.0. The van der Waals surface area contributed by atoms with E-state index < -0.39 is 0 Å². The van der Waals surface area contributed by atoms with Gasteiger partial charge >= 0.3 is 0 Å². The van der Waals surface area contributed by atoms with E-state index >= 15 is 0 Å². The van der Waals surface area contributed by atoms with Crippen LogP contribution in [0.3, 0.4) is 0 Å². The Morgan fingerprint density at radius 1 is 0.833 bits per heavy atom. The second-order valence-electron chi connectivity index (χ2n) is 3.99. The monoisotopic (exact) mass is 350 g/mol. The van der Waals surface area contributed by atoms with Gasteiger partial charge in [0.25, 0.3) is 0 Å². The molecule has 0 saturated carbocycles. The molecule has 1 N–H and O–H groups in total. The van der Waals surface area contributed by atoms with Gasteiger partial charge in [0, 0.05) is 16.6 Å². The molecule has 0 amide bonds. The van der Waals surface area contributed by atoms with Crippen LogP contribution in [0.1, 0.15) is 17.5 Å². The van der Waals surface area contributed by atoms with E-state index in [-0.39, 0.29) is 6.61 Å². The van der Waals surface area contributed by atoms with Gasteiger partial charge in [-0.25, -0.2) is 0 Å². The van der Waals surface area contributed by atoms with Crippen LogP contribution in [-0.4, -0.2) is 11.7 Å². The molecule has 2 rings (SSSR count). The molecule has 0 aliphatic carbocycles. The number of aliphatic hydroxyl groups excluding tert-OH is 1. The summed E-state index contributed by atoms with van der Waals surface area (Å²) in [6, 6.07) is 20.6. The van der Waals surface area contributed by atoms with Gasteiger partial charge in [0.15, 0.2) is 0 Å². The molecule has 0 unspecified atom stereocenters. The van der Waals surface area contributed by atoms with Crippen molar-refractivity contribution in [2.24, 2.45) is 0 Å². The van der Waals surface area contributed by atoms with Crippen LogP contribution in [0.25, 0.3) is 5.57 Å². The molecular formula is C16H15IO. The molecule has 0 saturated heterocycles. The summed E-state index contributed by atoms with van der Waals surface area (Å²) in [7, 11) is 0. The summed E-state index contributed by atoms with van der Waals surface area (Å²) in [6.07, 6.45) is 0.694. The Bertz CT molecular complexity index is 476. The third-order valence-corrected chi connectivity index (χ3v) is 3.81. The number of aliphatic hydroxyl groups is 1. The first-order valence-corrected chi connectivity index (χ1v) is 7.01. The van der Waals surface area contributed by atoms with Crippen molar-refractivity contribution in [1.29, 1.82) is 0 Å². The predicted octanol–water partition coefficient (Wildman–Crippen LogP) is 4.26. The lowest BCUT2D eigenvalue weighted by atomic mass is 9.97. The van der Waals surface area contributed by atoms with Crippen LogP contribution in [0.15, 0.2) is 64.2 Å². The van der Waals surface area contributed by atoms with E-state index in [2.05, 4.69) is 46.9 Å². The van der Waals surface area contributed by atoms with Gasteiger partial charge in [0.05, 0.1) is 0 Å². The van der Waals surface area contributed by atoms with Crippen LogP contribution in [0, 0.1) is 0 Å². The maximum atomic E-state index is 9.14. The van der Waals surface area contributed by atoms with Gasteiger partial charge in [-0.1, -0.05) is 60.7 Å². The Morgan fingerprint density at radius 3 is 1.67 bits per heavy atom. The first kappa shape index (κ1) is 13.3. The first-order valence-electron chi connectivity index (χ1n) is 5.93. The first-order chi connectivity index (χ1) is 8.83. The Balaban J connectivity index is 2.52. The summed E-state index contributed by atoms with van der Waals surface area (Å²) in [6.45, 7) is 0.182. The molecule has 0 bridgehead atoms. The van der Waals surface area contributed by atoms with Gasteiger partial charge < -0.3 is 5.11 Å². The third-order valence-electron chi connectivity index (χ3n) is 2.73. The van der Waals surface area contributed by atoms with Crippen LogP contribution in [0.2, 0.25) is 0 Å². The Kier molecular flexibility index (Phi) is 4.96. The number of hydrogen-bond acceptors (Lipinski definition) is 1. The second-order valence-corrected chi connectivity index (χ2v) is 5.29. The van der Waals surface area contributed by atoms with Gasteiger partial charge in [-0.2, -0.15) is 0 Å². The molecule has 0 radical (unpaired) electrons. The Labute approximate surface area is 121 Å². The summed E-state index contributed by atoms with van der Waals surface area (Å²) < 4.78 is 1.19. The molecule has 0 atom stereocenters. The van der Waals surface area contributed by atoms with Crippen molar-refractivity contribution in [3.63, 3.8) is 0 Å². The highest BCUT2D eigenvalue weighted by Crippen LogP contribution is 2.31. The van der Waals surface area contributed by atoms with Crippen LogP contribution >= 0.6 is 22.6 Å². The van der Waals surface area contributed by atoms with Gasteiger partial charge in [-0.3, -0.25) is 0 Å². The molecule has 2 aromatic carbocycles. The zero-order valence-corrected chi connectivity index (χ0v) is 12.2. The van der Waals surface area contributed by atoms with Gasteiger partial charge in [-0.05, 0) is 39.3 Å². The maximum absolute atomic E-state index is 9.14.